The molecule has 0 heterocycles. The van der Waals surface area contributed by atoms with Crippen LogP contribution in [0.2, 0.25) is 0 Å². The molecule has 2 rings (SSSR count). The van der Waals surface area contributed by atoms with Crippen LogP contribution in [0.1, 0.15) is 19.3 Å². The van der Waals surface area contributed by atoms with E-state index in [-0.39, 0.29) is 5.69 Å². The molecule has 1 fully saturated rings. The van der Waals surface area contributed by atoms with E-state index >= 15 is 0 Å². The van der Waals surface area contributed by atoms with E-state index < -0.39 is 10.5 Å². The van der Waals surface area contributed by atoms with E-state index in [1.165, 1.54) is 13.2 Å². The number of aliphatic hydroxyl groups is 1. The second-order valence-electron chi connectivity index (χ2n) is 4.57. The molecule has 0 aliphatic heterocycles. The van der Waals surface area contributed by atoms with E-state index in [4.69, 9.17) is 4.74 Å². The average Bonchev–Trinajstić information content (AvgIpc) is 2.33. The Morgan fingerprint density at radius 2 is 2.28 bits per heavy atom. The summed E-state index contributed by atoms with van der Waals surface area (Å²) in [5.41, 5.74) is -0.366. The minimum atomic E-state index is -0.725. The molecule has 0 atom stereocenters. The Bertz CT molecular complexity index is 457. The molecule has 18 heavy (non-hydrogen) atoms. The molecule has 1 saturated carbocycles. The number of rotatable bonds is 5. The van der Waals surface area contributed by atoms with E-state index in [2.05, 4.69) is 5.32 Å². The van der Waals surface area contributed by atoms with Gasteiger partial charge in [0.2, 0.25) is 0 Å². The van der Waals surface area contributed by atoms with Gasteiger partial charge in [-0.1, -0.05) is 0 Å². The summed E-state index contributed by atoms with van der Waals surface area (Å²) in [5, 5.41) is 23.8. The van der Waals surface area contributed by atoms with Gasteiger partial charge in [-0.15, -0.1) is 0 Å². The summed E-state index contributed by atoms with van der Waals surface area (Å²) < 4.78 is 5.04. The highest BCUT2D eigenvalue weighted by molar-refractivity contribution is 5.64. The topological polar surface area (TPSA) is 84.6 Å². The quantitative estimate of drug-likeness (QED) is 0.618. The van der Waals surface area contributed by atoms with Gasteiger partial charge in [-0.05, 0) is 25.3 Å². The van der Waals surface area contributed by atoms with Crippen LogP contribution in [0.3, 0.4) is 0 Å². The summed E-state index contributed by atoms with van der Waals surface area (Å²) in [6.45, 7) is 0.320. The second-order valence-corrected chi connectivity index (χ2v) is 4.57. The minimum Gasteiger partial charge on any atom is -0.497 e. The number of anilines is 1. The van der Waals surface area contributed by atoms with Gasteiger partial charge in [0.15, 0.2) is 0 Å². The predicted octanol–water partition coefficient (Wildman–Crippen LogP) is 1.93. The second kappa shape index (κ2) is 4.81. The number of nitro groups is 1. The number of ether oxygens (including phenoxy) is 1. The molecular weight excluding hydrogens is 236 g/mol. The van der Waals surface area contributed by atoms with E-state index in [0.29, 0.717) is 18.0 Å². The molecule has 0 bridgehead atoms. The summed E-state index contributed by atoms with van der Waals surface area (Å²) >= 11 is 0. The normalized spacial score (nSPS) is 16.8. The molecule has 1 aromatic rings. The van der Waals surface area contributed by atoms with Crippen molar-refractivity contribution in [1.82, 2.24) is 0 Å². The van der Waals surface area contributed by atoms with Crippen molar-refractivity contribution in [3.8, 4) is 5.75 Å². The summed E-state index contributed by atoms with van der Waals surface area (Å²) in [4.78, 5) is 10.4. The highest BCUT2D eigenvalue weighted by Gasteiger charge is 2.34. The number of nitrogens with one attached hydrogen (secondary N) is 1. The monoisotopic (exact) mass is 252 g/mol. The lowest BCUT2D eigenvalue weighted by molar-refractivity contribution is -0.384. The summed E-state index contributed by atoms with van der Waals surface area (Å²) in [5.74, 6) is 0.545. The molecule has 6 heteroatoms. The third kappa shape index (κ3) is 2.53. The van der Waals surface area contributed by atoms with Crippen molar-refractivity contribution in [2.75, 3.05) is 19.0 Å². The lowest BCUT2D eigenvalue weighted by atomic mass is 9.80. The number of nitro benzene ring substituents is 1. The molecule has 1 aromatic carbocycles. The number of hydrogen-bond donors (Lipinski definition) is 2. The molecule has 1 aliphatic rings. The van der Waals surface area contributed by atoms with E-state index in [0.717, 1.165) is 19.3 Å². The van der Waals surface area contributed by atoms with E-state index in [9.17, 15) is 15.2 Å². The number of hydrogen-bond acceptors (Lipinski definition) is 5. The molecule has 0 amide bonds. The van der Waals surface area contributed by atoms with Crippen LogP contribution < -0.4 is 10.1 Å². The standard InChI is InChI=1S/C12H16N2O4/c1-18-9-3-4-11(14(16)17)10(7-9)13-8-12(15)5-2-6-12/h3-4,7,13,15H,2,5-6,8H2,1H3. The van der Waals surface area contributed by atoms with E-state index in [1.807, 2.05) is 0 Å². The van der Waals surface area contributed by atoms with Gasteiger partial charge >= 0.3 is 0 Å². The van der Waals surface area contributed by atoms with Gasteiger partial charge in [0.25, 0.3) is 5.69 Å². The number of nitrogens with zero attached hydrogens (tertiary/aromatic N) is 1. The Morgan fingerprint density at radius 1 is 1.56 bits per heavy atom. The first-order valence-electron chi connectivity index (χ1n) is 5.83. The van der Waals surface area contributed by atoms with Crippen molar-refractivity contribution < 1.29 is 14.8 Å². The van der Waals surface area contributed by atoms with Crippen LogP contribution in [-0.2, 0) is 0 Å². The van der Waals surface area contributed by atoms with Gasteiger partial charge in [-0.25, -0.2) is 0 Å². The SMILES string of the molecule is COc1ccc([N+](=O)[O-])c(NCC2(O)CCC2)c1. The Labute approximate surface area is 105 Å². The van der Waals surface area contributed by atoms with Gasteiger partial charge in [-0.2, -0.15) is 0 Å². The maximum atomic E-state index is 10.9. The van der Waals surface area contributed by atoms with Gasteiger partial charge < -0.3 is 15.2 Å². The van der Waals surface area contributed by atoms with Crippen molar-refractivity contribution >= 4 is 11.4 Å². The zero-order chi connectivity index (χ0) is 13.2. The third-order valence-electron chi connectivity index (χ3n) is 3.29. The average molecular weight is 252 g/mol. The Balaban J connectivity index is 2.15. The van der Waals surface area contributed by atoms with Crippen LogP contribution >= 0.6 is 0 Å². The summed E-state index contributed by atoms with van der Waals surface area (Å²) in [7, 11) is 1.50. The lowest BCUT2D eigenvalue weighted by Crippen LogP contribution is -2.43. The highest BCUT2D eigenvalue weighted by Crippen LogP contribution is 2.34. The number of benzene rings is 1. The highest BCUT2D eigenvalue weighted by atomic mass is 16.6. The molecule has 0 radical (unpaired) electrons. The number of methoxy groups -OCH3 is 1. The zero-order valence-corrected chi connectivity index (χ0v) is 10.2. The van der Waals surface area contributed by atoms with Crippen LogP contribution in [0.15, 0.2) is 18.2 Å². The third-order valence-corrected chi connectivity index (χ3v) is 3.29. The van der Waals surface area contributed by atoms with Crippen molar-refractivity contribution in [2.45, 2.75) is 24.9 Å². The Kier molecular flexibility index (Phi) is 3.38. The van der Waals surface area contributed by atoms with Crippen LogP contribution in [0, 0.1) is 10.1 Å². The summed E-state index contributed by atoms with van der Waals surface area (Å²) in [6, 6.07) is 4.51. The molecule has 0 spiro atoms. The molecular formula is C12H16N2O4. The fourth-order valence-electron chi connectivity index (χ4n) is 1.96. The maximum Gasteiger partial charge on any atom is 0.292 e. The molecule has 2 N–H and O–H groups in total. The molecule has 98 valence electrons. The first-order valence-corrected chi connectivity index (χ1v) is 5.83. The minimum absolute atomic E-state index is 0.0151. The van der Waals surface area contributed by atoms with Crippen LogP contribution in [0.4, 0.5) is 11.4 Å². The smallest absolute Gasteiger partial charge is 0.292 e. The Hall–Kier alpha value is -1.82. The van der Waals surface area contributed by atoms with Crippen LogP contribution in [-0.4, -0.2) is 29.3 Å². The van der Waals surface area contributed by atoms with Crippen molar-refractivity contribution in [3.05, 3.63) is 28.3 Å². The molecule has 0 saturated heterocycles. The first-order chi connectivity index (χ1) is 8.54. The van der Waals surface area contributed by atoms with Crippen molar-refractivity contribution in [2.24, 2.45) is 0 Å². The van der Waals surface area contributed by atoms with Crippen LogP contribution in [0.5, 0.6) is 5.75 Å². The predicted molar refractivity (Wildman–Crippen MR) is 66.9 cm³/mol. The van der Waals surface area contributed by atoms with E-state index in [1.54, 1.807) is 12.1 Å². The van der Waals surface area contributed by atoms with Gasteiger partial charge in [0.1, 0.15) is 11.4 Å². The van der Waals surface area contributed by atoms with Crippen molar-refractivity contribution in [3.63, 3.8) is 0 Å². The largest absolute Gasteiger partial charge is 0.497 e. The molecule has 1 aliphatic carbocycles. The van der Waals surface area contributed by atoms with Gasteiger partial charge in [0.05, 0.1) is 17.6 Å². The fourth-order valence-corrected chi connectivity index (χ4v) is 1.96. The Morgan fingerprint density at radius 3 is 2.78 bits per heavy atom. The molecule has 6 nitrogen and oxygen atoms in total. The zero-order valence-electron chi connectivity index (χ0n) is 10.2. The van der Waals surface area contributed by atoms with Crippen molar-refractivity contribution in [1.29, 1.82) is 0 Å². The fraction of sp³-hybridized carbons (Fsp3) is 0.500. The molecule has 0 unspecified atom stereocenters. The van der Waals surface area contributed by atoms with Gasteiger partial charge in [-0.3, -0.25) is 10.1 Å². The van der Waals surface area contributed by atoms with Gasteiger partial charge in [0, 0.05) is 18.7 Å². The molecule has 0 aromatic heterocycles. The first kappa shape index (κ1) is 12.6. The summed E-state index contributed by atoms with van der Waals surface area (Å²) in [6.07, 6.45) is 2.47. The lowest BCUT2D eigenvalue weighted by Gasteiger charge is -2.36. The van der Waals surface area contributed by atoms with Crippen LogP contribution in [0.25, 0.3) is 0 Å². The maximum absolute atomic E-state index is 10.9.